The molecular formula is C17H20N2O3S. The van der Waals surface area contributed by atoms with Crippen LogP contribution in [0.1, 0.15) is 49.0 Å². The number of carbonyl (C=O) groups is 1. The van der Waals surface area contributed by atoms with Crippen LogP contribution in [-0.4, -0.2) is 21.6 Å². The van der Waals surface area contributed by atoms with Gasteiger partial charge in [-0.25, -0.2) is 4.98 Å². The Labute approximate surface area is 138 Å². The summed E-state index contributed by atoms with van der Waals surface area (Å²) in [5.41, 5.74) is 1.06. The number of nitrogens with zero attached hydrogens (tertiary/aromatic N) is 2. The maximum atomic E-state index is 12.8. The van der Waals surface area contributed by atoms with Crippen LogP contribution in [0, 0.1) is 0 Å². The zero-order chi connectivity index (χ0) is 15.8. The average Bonchev–Trinajstić information content (AvgIpc) is 3.17. The Morgan fingerprint density at radius 3 is 2.87 bits per heavy atom. The first-order valence-electron chi connectivity index (χ1n) is 8.41. The number of ether oxygens (including phenoxy) is 1. The monoisotopic (exact) mass is 332 g/mol. The molecule has 0 aromatic carbocycles. The van der Waals surface area contributed by atoms with Crippen molar-refractivity contribution in [3.63, 3.8) is 0 Å². The van der Waals surface area contributed by atoms with Gasteiger partial charge in [-0.05, 0) is 56.9 Å². The van der Waals surface area contributed by atoms with Crippen molar-refractivity contribution < 1.29 is 9.53 Å². The van der Waals surface area contributed by atoms with Crippen LogP contribution in [0.2, 0.25) is 0 Å². The van der Waals surface area contributed by atoms with E-state index in [9.17, 15) is 9.59 Å². The first kappa shape index (κ1) is 14.9. The molecule has 0 radical (unpaired) electrons. The molecule has 23 heavy (non-hydrogen) atoms. The first-order valence-corrected chi connectivity index (χ1v) is 9.23. The van der Waals surface area contributed by atoms with E-state index in [2.05, 4.69) is 4.98 Å². The van der Waals surface area contributed by atoms with Crippen molar-refractivity contribution in [2.24, 2.45) is 0 Å². The highest BCUT2D eigenvalue weighted by Crippen LogP contribution is 2.33. The van der Waals surface area contributed by atoms with Crippen molar-refractivity contribution in [3.05, 3.63) is 27.1 Å². The summed E-state index contributed by atoms with van der Waals surface area (Å²) >= 11 is 1.63. The lowest BCUT2D eigenvalue weighted by molar-refractivity contribution is -0.149. The Morgan fingerprint density at radius 2 is 2.04 bits per heavy atom. The summed E-state index contributed by atoms with van der Waals surface area (Å²) < 4.78 is 6.86. The summed E-state index contributed by atoms with van der Waals surface area (Å²) in [4.78, 5) is 31.3. The summed E-state index contributed by atoms with van der Waals surface area (Å²) in [6.07, 6.45) is 9.93. The van der Waals surface area contributed by atoms with E-state index in [1.165, 1.54) is 22.2 Å². The predicted octanol–water partition coefficient (Wildman–Crippen LogP) is 2.82. The number of aromatic nitrogens is 2. The van der Waals surface area contributed by atoms with E-state index in [-0.39, 0.29) is 24.2 Å². The standard InChI is InChI=1S/C17H20N2O3S/c20-14(22-11-5-1-2-6-11)9-19-10-18-16-15(17(19)21)12-7-3-4-8-13(12)23-16/h10-11H,1-9H2. The average molecular weight is 332 g/mol. The van der Waals surface area contributed by atoms with Gasteiger partial charge in [0.2, 0.25) is 0 Å². The molecule has 1 saturated carbocycles. The summed E-state index contributed by atoms with van der Waals surface area (Å²) in [7, 11) is 0. The van der Waals surface area contributed by atoms with Crippen LogP contribution in [0.4, 0.5) is 0 Å². The van der Waals surface area contributed by atoms with Crippen molar-refractivity contribution in [1.82, 2.24) is 9.55 Å². The Morgan fingerprint density at radius 1 is 1.26 bits per heavy atom. The third kappa shape index (κ3) is 2.80. The molecule has 122 valence electrons. The maximum absolute atomic E-state index is 12.8. The molecule has 6 heteroatoms. The Kier molecular flexibility index (Phi) is 3.93. The van der Waals surface area contributed by atoms with Crippen LogP contribution in [-0.2, 0) is 28.9 Å². The van der Waals surface area contributed by atoms with Crippen molar-refractivity contribution in [3.8, 4) is 0 Å². The van der Waals surface area contributed by atoms with E-state index < -0.39 is 0 Å². The highest BCUT2D eigenvalue weighted by Gasteiger charge is 2.22. The van der Waals surface area contributed by atoms with E-state index in [0.29, 0.717) is 0 Å². The molecule has 1 fully saturated rings. The SMILES string of the molecule is O=C(Cn1cnc2sc3c(c2c1=O)CCCC3)OC1CCCC1. The molecule has 2 aromatic heterocycles. The Bertz CT molecular complexity index is 802. The highest BCUT2D eigenvalue weighted by molar-refractivity contribution is 7.18. The fourth-order valence-corrected chi connectivity index (χ4v) is 4.88. The van der Waals surface area contributed by atoms with Gasteiger partial charge in [-0.15, -0.1) is 11.3 Å². The van der Waals surface area contributed by atoms with Gasteiger partial charge in [0.1, 0.15) is 17.5 Å². The Balaban J connectivity index is 1.61. The quantitative estimate of drug-likeness (QED) is 0.811. The minimum Gasteiger partial charge on any atom is -0.461 e. The number of hydrogen-bond donors (Lipinski definition) is 0. The van der Waals surface area contributed by atoms with Crippen LogP contribution in [0.15, 0.2) is 11.1 Å². The van der Waals surface area contributed by atoms with E-state index in [4.69, 9.17) is 4.74 Å². The molecule has 0 N–H and O–H groups in total. The largest absolute Gasteiger partial charge is 0.461 e. The van der Waals surface area contributed by atoms with E-state index in [0.717, 1.165) is 60.7 Å². The van der Waals surface area contributed by atoms with Crippen molar-refractivity contribution >= 4 is 27.5 Å². The molecular weight excluding hydrogens is 312 g/mol. The molecule has 0 spiro atoms. The molecule has 2 aliphatic carbocycles. The number of fused-ring (bicyclic) bond motifs is 3. The van der Waals surface area contributed by atoms with Gasteiger partial charge < -0.3 is 4.74 Å². The lowest BCUT2D eigenvalue weighted by atomic mass is 9.97. The van der Waals surface area contributed by atoms with Crippen molar-refractivity contribution in [1.29, 1.82) is 0 Å². The molecule has 0 amide bonds. The van der Waals surface area contributed by atoms with Gasteiger partial charge in [0.25, 0.3) is 5.56 Å². The van der Waals surface area contributed by atoms with E-state index in [1.807, 2.05) is 0 Å². The lowest BCUT2D eigenvalue weighted by Crippen LogP contribution is -2.27. The molecule has 2 aliphatic rings. The minimum atomic E-state index is -0.329. The summed E-state index contributed by atoms with van der Waals surface area (Å²) in [5.74, 6) is -0.329. The third-order valence-electron chi connectivity index (χ3n) is 4.84. The van der Waals surface area contributed by atoms with Gasteiger partial charge in [-0.2, -0.15) is 0 Å². The fraction of sp³-hybridized carbons (Fsp3) is 0.588. The maximum Gasteiger partial charge on any atom is 0.326 e. The zero-order valence-electron chi connectivity index (χ0n) is 13.0. The van der Waals surface area contributed by atoms with Crippen LogP contribution < -0.4 is 5.56 Å². The van der Waals surface area contributed by atoms with E-state index >= 15 is 0 Å². The number of carbonyl (C=O) groups excluding carboxylic acids is 1. The van der Waals surface area contributed by atoms with Crippen molar-refractivity contribution in [2.75, 3.05) is 0 Å². The second-order valence-electron chi connectivity index (χ2n) is 6.46. The molecule has 0 atom stereocenters. The second-order valence-corrected chi connectivity index (χ2v) is 7.55. The van der Waals surface area contributed by atoms with Gasteiger partial charge in [-0.3, -0.25) is 14.2 Å². The topological polar surface area (TPSA) is 61.2 Å². The zero-order valence-corrected chi connectivity index (χ0v) is 13.9. The molecule has 0 unspecified atom stereocenters. The van der Waals surface area contributed by atoms with Crippen LogP contribution >= 0.6 is 11.3 Å². The van der Waals surface area contributed by atoms with Gasteiger partial charge in [-0.1, -0.05) is 0 Å². The van der Waals surface area contributed by atoms with Gasteiger partial charge in [0.15, 0.2) is 0 Å². The van der Waals surface area contributed by atoms with Crippen LogP contribution in [0.3, 0.4) is 0 Å². The number of rotatable bonds is 3. The smallest absolute Gasteiger partial charge is 0.326 e. The molecule has 0 aliphatic heterocycles. The molecule has 4 rings (SSSR count). The summed E-state index contributed by atoms with van der Waals surface area (Å²) in [6, 6.07) is 0. The molecule has 0 bridgehead atoms. The van der Waals surface area contributed by atoms with Gasteiger partial charge in [0.05, 0.1) is 11.7 Å². The molecule has 0 saturated heterocycles. The highest BCUT2D eigenvalue weighted by atomic mass is 32.1. The molecule has 2 aromatic rings. The van der Waals surface area contributed by atoms with Gasteiger partial charge in [0, 0.05) is 4.88 Å². The normalized spacial score (nSPS) is 18.3. The van der Waals surface area contributed by atoms with Crippen LogP contribution in [0.5, 0.6) is 0 Å². The van der Waals surface area contributed by atoms with Gasteiger partial charge >= 0.3 is 5.97 Å². The summed E-state index contributed by atoms with van der Waals surface area (Å²) in [5, 5.41) is 0.723. The number of thiophene rings is 1. The third-order valence-corrected chi connectivity index (χ3v) is 6.04. The molecule has 5 nitrogen and oxygen atoms in total. The number of esters is 1. The van der Waals surface area contributed by atoms with E-state index in [1.54, 1.807) is 11.3 Å². The van der Waals surface area contributed by atoms with Crippen LogP contribution in [0.25, 0.3) is 10.2 Å². The Hall–Kier alpha value is -1.69. The number of aryl methyl sites for hydroxylation is 2. The molecule has 2 heterocycles. The summed E-state index contributed by atoms with van der Waals surface area (Å²) in [6.45, 7) is -0.0388. The number of hydrogen-bond acceptors (Lipinski definition) is 5. The minimum absolute atomic E-state index is 0.0313. The second kappa shape index (κ2) is 6.07. The predicted molar refractivity (Wildman–Crippen MR) is 88.9 cm³/mol. The first-order chi connectivity index (χ1) is 11.2. The van der Waals surface area contributed by atoms with Crippen molar-refractivity contribution in [2.45, 2.75) is 64.0 Å². The lowest BCUT2D eigenvalue weighted by Gasteiger charge is -2.12. The fourth-order valence-electron chi connectivity index (χ4n) is 3.66.